The van der Waals surface area contributed by atoms with E-state index in [2.05, 4.69) is 10.6 Å². The van der Waals surface area contributed by atoms with E-state index in [0.717, 1.165) is 11.1 Å². The van der Waals surface area contributed by atoms with Crippen LogP contribution in [-0.4, -0.2) is 17.7 Å². The SMILES string of the molecule is Cc1ccc([C@@H](O)CNC(=O)Nc2ccc(C#N)c(Cl)c2)cc1. The lowest BCUT2D eigenvalue weighted by Gasteiger charge is -2.13. The molecule has 5 nitrogen and oxygen atoms in total. The van der Waals surface area contributed by atoms with E-state index >= 15 is 0 Å². The molecule has 0 fully saturated rings. The number of aliphatic hydroxyl groups is 1. The zero-order valence-corrected chi connectivity index (χ0v) is 13.3. The zero-order chi connectivity index (χ0) is 16.8. The van der Waals surface area contributed by atoms with Crippen LogP contribution in [0.4, 0.5) is 10.5 Å². The van der Waals surface area contributed by atoms with Gasteiger partial charge in [-0.2, -0.15) is 5.26 Å². The molecule has 118 valence electrons. The third-order valence-corrected chi connectivity index (χ3v) is 3.58. The van der Waals surface area contributed by atoms with Crippen molar-refractivity contribution in [1.82, 2.24) is 5.32 Å². The third kappa shape index (κ3) is 4.71. The Morgan fingerprint density at radius 1 is 1.30 bits per heavy atom. The lowest BCUT2D eigenvalue weighted by Crippen LogP contribution is -2.32. The van der Waals surface area contributed by atoms with Gasteiger partial charge >= 0.3 is 6.03 Å². The average molecular weight is 330 g/mol. The van der Waals surface area contributed by atoms with Gasteiger partial charge in [-0.05, 0) is 30.7 Å². The van der Waals surface area contributed by atoms with Gasteiger partial charge in [0.15, 0.2) is 0 Å². The van der Waals surface area contributed by atoms with Crippen molar-refractivity contribution in [1.29, 1.82) is 5.26 Å². The van der Waals surface area contributed by atoms with Crippen LogP contribution in [0.15, 0.2) is 42.5 Å². The number of carbonyl (C=O) groups excluding carboxylic acids is 1. The molecule has 2 amide bonds. The number of aryl methyl sites for hydroxylation is 1. The van der Waals surface area contributed by atoms with Crippen molar-refractivity contribution in [2.45, 2.75) is 13.0 Å². The summed E-state index contributed by atoms with van der Waals surface area (Å²) in [6, 6.07) is 13.5. The molecule has 0 unspecified atom stereocenters. The van der Waals surface area contributed by atoms with Gasteiger partial charge in [0.25, 0.3) is 0 Å². The quantitative estimate of drug-likeness (QED) is 0.803. The fraction of sp³-hybridized carbons (Fsp3) is 0.176. The first-order chi connectivity index (χ1) is 11.0. The molecule has 1 atom stereocenters. The molecule has 2 rings (SSSR count). The standard InChI is InChI=1S/C17H16ClN3O2/c1-11-2-4-12(5-3-11)16(22)10-20-17(23)21-14-7-6-13(9-19)15(18)8-14/h2-8,16,22H,10H2,1H3,(H2,20,21,23)/t16-/m0/s1. The van der Waals surface area contributed by atoms with Crippen LogP contribution in [0.1, 0.15) is 22.8 Å². The first kappa shape index (κ1) is 16.8. The number of amides is 2. The number of urea groups is 1. The molecule has 23 heavy (non-hydrogen) atoms. The highest BCUT2D eigenvalue weighted by Crippen LogP contribution is 2.20. The number of nitrogens with one attached hydrogen (secondary N) is 2. The molecule has 0 saturated heterocycles. The van der Waals surface area contributed by atoms with Gasteiger partial charge in [-0.1, -0.05) is 41.4 Å². The summed E-state index contributed by atoms with van der Waals surface area (Å²) in [5.41, 5.74) is 2.64. The predicted octanol–water partition coefficient (Wildman–Crippen LogP) is 3.38. The van der Waals surface area contributed by atoms with E-state index in [0.29, 0.717) is 11.3 Å². The first-order valence-corrected chi connectivity index (χ1v) is 7.36. The lowest BCUT2D eigenvalue weighted by molar-refractivity contribution is 0.175. The lowest BCUT2D eigenvalue weighted by atomic mass is 10.1. The van der Waals surface area contributed by atoms with Crippen molar-refractivity contribution in [2.75, 3.05) is 11.9 Å². The summed E-state index contributed by atoms with van der Waals surface area (Å²) >= 11 is 5.90. The van der Waals surface area contributed by atoms with E-state index in [-0.39, 0.29) is 11.6 Å². The monoisotopic (exact) mass is 329 g/mol. The minimum Gasteiger partial charge on any atom is -0.387 e. The van der Waals surface area contributed by atoms with Crippen molar-refractivity contribution < 1.29 is 9.90 Å². The van der Waals surface area contributed by atoms with Gasteiger partial charge in [-0.25, -0.2) is 4.79 Å². The minimum atomic E-state index is -0.786. The summed E-state index contributed by atoms with van der Waals surface area (Å²) < 4.78 is 0. The molecule has 0 bridgehead atoms. The number of rotatable bonds is 4. The van der Waals surface area contributed by atoms with Crippen LogP contribution in [0.5, 0.6) is 0 Å². The number of benzene rings is 2. The molecular weight excluding hydrogens is 314 g/mol. The summed E-state index contributed by atoms with van der Waals surface area (Å²) in [5.74, 6) is 0. The number of aliphatic hydroxyl groups excluding tert-OH is 1. The van der Waals surface area contributed by atoms with Crippen molar-refractivity contribution in [2.24, 2.45) is 0 Å². The summed E-state index contributed by atoms with van der Waals surface area (Å²) in [6.45, 7) is 2.05. The summed E-state index contributed by atoms with van der Waals surface area (Å²) in [4.78, 5) is 11.8. The Hall–Kier alpha value is -2.55. The molecule has 0 aromatic heterocycles. The normalized spacial score (nSPS) is 11.4. The maximum atomic E-state index is 11.8. The molecule has 0 aliphatic rings. The van der Waals surface area contributed by atoms with E-state index < -0.39 is 12.1 Å². The number of nitriles is 1. The van der Waals surface area contributed by atoms with Gasteiger partial charge in [0, 0.05) is 12.2 Å². The van der Waals surface area contributed by atoms with E-state index in [9.17, 15) is 9.90 Å². The maximum absolute atomic E-state index is 11.8. The van der Waals surface area contributed by atoms with Gasteiger partial charge in [-0.15, -0.1) is 0 Å². The van der Waals surface area contributed by atoms with Crippen LogP contribution in [0.3, 0.4) is 0 Å². The molecule has 3 N–H and O–H groups in total. The number of hydrogen-bond donors (Lipinski definition) is 3. The van der Waals surface area contributed by atoms with Gasteiger partial charge < -0.3 is 15.7 Å². The molecular formula is C17H16ClN3O2. The highest BCUT2D eigenvalue weighted by atomic mass is 35.5. The Morgan fingerprint density at radius 3 is 2.61 bits per heavy atom. The second-order valence-corrected chi connectivity index (χ2v) is 5.48. The smallest absolute Gasteiger partial charge is 0.319 e. The Balaban J connectivity index is 1.89. The van der Waals surface area contributed by atoms with Crippen molar-refractivity contribution in [3.8, 4) is 6.07 Å². The summed E-state index contributed by atoms with van der Waals surface area (Å²) in [6.07, 6.45) is -0.786. The molecule has 0 heterocycles. The number of nitrogens with zero attached hydrogens (tertiary/aromatic N) is 1. The van der Waals surface area contributed by atoms with Crippen molar-refractivity contribution in [3.05, 3.63) is 64.2 Å². The van der Waals surface area contributed by atoms with Crippen LogP contribution in [0.25, 0.3) is 0 Å². The fourth-order valence-corrected chi connectivity index (χ4v) is 2.18. The number of carbonyl (C=O) groups is 1. The molecule has 0 aliphatic heterocycles. The van der Waals surface area contributed by atoms with Crippen LogP contribution in [0.2, 0.25) is 5.02 Å². The molecule has 2 aromatic carbocycles. The van der Waals surface area contributed by atoms with Gasteiger partial charge in [-0.3, -0.25) is 0 Å². The first-order valence-electron chi connectivity index (χ1n) is 6.98. The van der Waals surface area contributed by atoms with Crippen molar-refractivity contribution in [3.63, 3.8) is 0 Å². The highest BCUT2D eigenvalue weighted by Gasteiger charge is 2.10. The highest BCUT2D eigenvalue weighted by molar-refractivity contribution is 6.32. The van der Waals surface area contributed by atoms with E-state index in [4.69, 9.17) is 16.9 Å². The zero-order valence-electron chi connectivity index (χ0n) is 12.5. The predicted molar refractivity (Wildman–Crippen MR) is 89.3 cm³/mol. The van der Waals surface area contributed by atoms with Crippen LogP contribution in [0, 0.1) is 18.3 Å². The van der Waals surface area contributed by atoms with Gasteiger partial charge in [0.05, 0.1) is 16.7 Å². The minimum absolute atomic E-state index is 0.0822. The fourth-order valence-electron chi connectivity index (χ4n) is 1.95. The molecule has 0 spiro atoms. The number of hydrogen-bond acceptors (Lipinski definition) is 3. The van der Waals surface area contributed by atoms with E-state index in [1.807, 2.05) is 37.3 Å². The number of anilines is 1. The second kappa shape index (κ2) is 7.63. The Kier molecular flexibility index (Phi) is 5.58. The van der Waals surface area contributed by atoms with Crippen LogP contribution in [-0.2, 0) is 0 Å². The molecule has 0 radical (unpaired) electrons. The van der Waals surface area contributed by atoms with Crippen LogP contribution >= 0.6 is 11.6 Å². The molecule has 0 saturated carbocycles. The second-order valence-electron chi connectivity index (χ2n) is 5.07. The summed E-state index contributed by atoms with van der Waals surface area (Å²) in [5, 5.41) is 24.3. The average Bonchev–Trinajstić information content (AvgIpc) is 2.53. The van der Waals surface area contributed by atoms with E-state index in [1.165, 1.54) is 12.1 Å². The largest absolute Gasteiger partial charge is 0.387 e. The van der Waals surface area contributed by atoms with Crippen molar-refractivity contribution >= 4 is 23.3 Å². The number of halogens is 1. The molecule has 0 aliphatic carbocycles. The van der Waals surface area contributed by atoms with Gasteiger partial charge in [0.2, 0.25) is 0 Å². The summed E-state index contributed by atoms with van der Waals surface area (Å²) in [7, 11) is 0. The van der Waals surface area contributed by atoms with Gasteiger partial charge in [0.1, 0.15) is 6.07 Å². The Labute approximate surface area is 139 Å². The topological polar surface area (TPSA) is 85.2 Å². The van der Waals surface area contributed by atoms with E-state index in [1.54, 1.807) is 6.07 Å². The Morgan fingerprint density at radius 2 is 2.00 bits per heavy atom. The molecule has 6 heteroatoms. The van der Waals surface area contributed by atoms with Crippen LogP contribution < -0.4 is 10.6 Å². The molecule has 2 aromatic rings. The third-order valence-electron chi connectivity index (χ3n) is 3.27. The Bertz CT molecular complexity index is 738. The maximum Gasteiger partial charge on any atom is 0.319 e.